The Balaban J connectivity index is 0.00000420. The molecule has 1 fully saturated rings. The van der Waals surface area contributed by atoms with Crippen LogP contribution in [-0.2, 0) is 16.1 Å². The number of carbonyl (C=O) groups excluding carboxylic acids is 1. The van der Waals surface area contributed by atoms with Crippen molar-refractivity contribution < 1.29 is 14.3 Å². The molecule has 0 spiro atoms. The van der Waals surface area contributed by atoms with Crippen molar-refractivity contribution in [3.63, 3.8) is 0 Å². The zero-order valence-corrected chi connectivity index (χ0v) is 19.8. The molecule has 7 heteroatoms. The van der Waals surface area contributed by atoms with Crippen LogP contribution in [0.5, 0.6) is 5.75 Å². The molecule has 29 heavy (non-hydrogen) atoms. The fraction of sp³-hybridized carbons (Fsp3) is 0.545. The van der Waals surface area contributed by atoms with Gasteiger partial charge >= 0.3 is 5.97 Å². The number of rotatable bonds is 9. The summed E-state index contributed by atoms with van der Waals surface area (Å²) < 4.78 is 10.9. The third-order valence-corrected chi connectivity index (χ3v) is 4.77. The second-order valence-corrected chi connectivity index (χ2v) is 6.85. The van der Waals surface area contributed by atoms with Gasteiger partial charge in [0.25, 0.3) is 0 Å². The van der Waals surface area contributed by atoms with E-state index in [1.54, 1.807) is 6.08 Å². The molecule has 1 aromatic carbocycles. The average Bonchev–Trinajstić information content (AvgIpc) is 2.72. The van der Waals surface area contributed by atoms with Crippen molar-refractivity contribution >= 4 is 35.9 Å². The first-order chi connectivity index (χ1) is 13.7. The predicted molar refractivity (Wildman–Crippen MR) is 128 cm³/mol. The SMILES string of the molecule is C=CCOc1ccccc1CN=C(NCC)NC1CCC(C(=O)OCC)CC1.I. The maximum absolute atomic E-state index is 11.9. The van der Waals surface area contributed by atoms with E-state index in [-0.39, 0.29) is 35.9 Å². The van der Waals surface area contributed by atoms with Crippen LogP contribution in [0.3, 0.4) is 0 Å². The molecule has 1 saturated carbocycles. The second kappa shape index (κ2) is 14.3. The highest BCUT2D eigenvalue weighted by Gasteiger charge is 2.27. The van der Waals surface area contributed by atoms with Gasteiger partial charge in [0.05, 0.1) is 19.1 Å². The number of halogens is 1. The third kappa shape index (κ3) is 8.64. The number of carbonyl (C=O) groups is 1. The van der Waals surface area contributed by atoms with E-state index in [1.807, 2.05) is 31.2 Å². The summed E-state index contributed by atoms with van der Waals surface area (Å²) in [6.45, 7) is 9.84. The monoisotopic (exact) mass is 515 g/mol. The van der Waals surface area contributed by atoms with Crippen molar-refractivity contribution in [2.24, 2.45) is 10.9 Å². The first kappa shape index (κ1) is 25.3. The topological polar surface area (TPSA) is 72.0 Å². The molecule has 0 bridgehead atoms. The summed E-state index contributed by atoms with van der Waals surface area (Å²) in [5.41, 5.74) is 1.03. The van der Waals surface area contributed by atoms with Crippen LogP contribution in [-0.4, -0.2) is 37.7 Å². The second-order valence-electron chi connectivity index (χ2n) is 6.85. The number of nitrogens with zero attached hydrogens (tertiary/aromatic N) is 1. The van der Waals surface area contributed by atoms with Crippen LogP contribution in [0, 0.1) is 5.92 Å². The molecule has 1 aliphatic carbocycles. The smallest absolute Gasteiger partial charge is 0.308 e. The number of esters is 1. The maximum atomic E-state index is 11.9. The lowest BCUT2D eigenvalue weighted by molar-refractivity contribution is -0.149. The highest BCUT2D eigenvalue weighted by atomic mass is 127. The predicted octanol–water partition coefficient (Wildman–Crippen LogP) is 4.05. The van der Waals surface area contributed by atoms with Gasteiger partial charge in [-0.3, -0.25) is 4.79 Å². The highest BCUT2D eigenvalue weighted by Crippen LogP contribution is 2.25. The number of hydrogen-bond acceptors (Lipinski definition) is 4. The van der Waals surface area contributed by atoms with Crippen molar-refractivity contribution in [2.75, 3.05) is 19.8 Å². The van der Waals surface area contributed by atoms with Crippen LogP contribution in [0.4, 0.5) is 0 Å². The van der Waals surface area contributed by atoms with Crippen LogP contribution in [0.2, 0.25) is 0 Å². The Morgan fingerprint density at radius 2 is 1.97 bits per heavy atom. The van der Waals surface area contributed by atoms with Crippen LogP contribution in [0.25, 0.3) is 0 Å². The Morgan fingerprint density at radius 1 is 1.24 bits per heavy atom. The number of nitrogens with one attached hydrogen (secondary N) is 2. The lowest BCUT2D eigenvalue weighted by Crippen LogP contribution is -2.45. The Hall–Kier alpha value is -1.77. The zero-order valence-electron chi connectivity index (χ0n) is 17.5. The van der Waals surface area contributed by atoms with Crippen LogP contribution < -0.4 is 15.4 Å². The summed E-state index contributed by atoms with van der Waals surface area (Å²) in [7, 11) is 0. The van der Waals surface area contributed by atoms with Crippen molar-refractivity contribution in [3.8, 4) is 5.75 Å². The summed E-state index contributed by atoms with van der Waals surface area (Å²) in [6, 6.07) is 8.23. The van der Waals surface area contributed by atoms with Gasteiger partial charge in [-0.1, -0.05) is 30.9 Å². The van der Waals surface area contributed by atoms with Crippen LogP contribution >= 0.6 is 24.0 Å². The van der Waals surface area contributed by atoms with E-state index in [9.17, 15) is 4.79 Å². The van der Waals surface area contributed by atoms with Gasteiger partial charge < -0.3 is 20.1 Å². The van der Waals surface area contributed by atoms with E-state index in [4.69, 9.17) is 14.5 Å². The molecular weight excluding hydrogens is 481 g/mol. The summed E-state index contributed by atoms with van der Waals surface area (Å²) in [5, 5.41) is 6.82. The maximum Gasteiger partial charge on any atom is 0.308 e. The molecule has 1 aliphatic rings. The van der Waals surface area contributed by atoms with Gasteiger partial charge in [-0.2, -0.15) is 0 Å². The van der Waals surface area contributed by atoms with Crippen molar-refractivity contribution in [2.45, 2.75) is 52.1 Å². The lowest BCUT2D eigenvalue weighted by atomic mass is 9.86. The third-order valence-electron chi connectivity index (χ3n) is 4.77. The number of guanidine groups is 1. The molecule has 0 aromatic heterocycles. The van der Waals surface area contributed by atoms with E-state index >= 15 is 0 Å². The summed E-state index contributed by atoms with van der Waals surface area (Å²) >= 11 is 0. The first-order valence-electron chi connectivity index (χ1n) is 10.2. The molecule has 0 heterocycles. The number of aliphatic imine (C=N–C) groups is 1. The molecule has 162 valence electrons. The van der Waals surface area contributed by atoms with Gasteiger partial charge in [-0.25, -0.2) is 4.99 Å². The van der Waals surface area contributed by atoms with Crippen molar-refractivity contribution in [3.05, 3.63) is 42.5 Å². The lowest BCUT2D eigenvalue weighted by Gasteiger charge is -2.29. The van der Waals surface area contributed by atoms with Gasteiger partial charge in [0.2, 0.25) is 0 Å². The first-order valence-corrected chi connectivity index (χ1v) is 10.2. The van der Waals surface area contributed by atoms with Gasteiger partial charge in [-0.15, -0.1) is 24.0 Å². The largest absolute Gasteiger partial charge is 0.489 e. The van der Waals surface area contributed by atoms with Crippen LogP contribution in [0.1, 0.15) is 45.1 Å². The van der Waals surface area contributed by atoms with E-state index in [2.05, 4.69) is 24.1 Å². The molecule has 2 rings (SSSR count). The fourth-order valence-corrected chi connectivity index (χ4v) is 3.34. The van der Waals surface area contributed by atoms with Gasteiger partial charge in [0.1, 0.15) is 12.4 Å². The standard InChI is InChI=1S/C22H33N3O3.HI/c1-4-15-28-20-10-8-7-9-18(20)16-24-22(23-5-2)25-19-13-11-17(12-14-19)21(26)27-6-3;/h4,7-10,17,19H,1,5-6,11-16H2,2-3H3,(H2,23,24,25);1H. The van der Waals surface area contributed by atoms with E-state index in [1.165, 1.54) is 0 Å². The van der Waals surface area contributed by atoms with Gasteiger partial charge in [-0.05, 0) is 45.6 Å². The number of hydrogen-bond donors (Lipinski definition) is 2. The minimum absolute atomic E-state index is 0. The Bertz CT molecular complexity index is 658. The molecule has 0 aliphatic heterocycles. The molecule has 1 aromatic rings. The normalized spacial score (nSPS) is 18.9. The molecular formula is C22H34IN3O3. The molecule has 0 amide bonds. The van der Waals surface area contributed by atoms with E-state index < -0.39 is 0 Å². The Kier molecular flexibility index (Phi) is 12.4. The zero-order chi connectivity index (χ0) is 20.2. The summed E-state index contributed by atoms with van der Waals surface area (Å²) in [5.74, 6) is 1.60. The summed E-state index contributed by atoms with van der Waals surface area (Å²) in [4.78, 5) is 16.6. The Labute approximate surface area is 191 Å². The average molecular weight is 515 g/mol. The Morgan fingerprint density at radius 3 is 2.62 bits per heavy atom. The molecule has 2 N–H and O–H groups in total. The minimum Gasteiger partial charge on any atom is -0.489 e. The van der Waals surface area contributed by atoms with E-state index in [0.717, 1.165) is 49.5 Å². The summed E-state index contributed by atoms with van der Waals surface area (Å²) in [6.07, 6.45) is 5.32. The quantitative estimate of drug-likeness (QED) is 0.171. The minimum atomic E-state index is -0.0577. The number of ether oxygens (including phenoxy) is 2. The van der Waals surface area contributed by atoms with Crippen LogP contribution in [0.15, 0.2) is 41.9 Å². The molecule has 0 saturated heterocycles. The molecule has 6 nitrogen and oxygen atoms in total. The van der Waals surface area contributed by atoms with Gasteiger partial charge in [0.15, 0.2) is 5.96 Å². The number of benzene rings is 1. The highest BCUT2D eigenvalue weighted by molar-refractivity contribution is 14.0. The van der Waals surface area contributed by atoms with Crippen molar-refractivity contribution in [1.29, 1.82) is 0 Å². The molecule has 0 radical (unpaired) electrons. The van der Waals surface area contributed by atoms with Gasteiger partial charge in [0, 0.05) is 18.2 Å². The van der Waals surface area contributed by atoms with E-state index in [0.29, 0.717) is 25.8 Å². The van der Waals surface area contributed by atoms with Crippen molar-refractivity contribution in [1.82, 2.24) is 10.6 Å². The molecule has 0 atom stereocenters. The number of para-hydroxylation sites is 1. The molecule has 0 unspecified atom stereocenters. The fourth-order valence-electron chi connectivity index (χ4n) is 3.34.